The maximum absolute atomic E-state index is 12.9. The normalized spacial score (nSPS) is 16.5. The molecule has 0 atom stereocenters. The number of hydrogen-bond acceptors (Lipinski definition) is 7. The number of amides is 3. The maximum Gasteiger partial charge on any atom is 0.282 e. The molecule has 0 saturated carbocycles. The van der Waals surface area contributed by atoms with E-state index in [1.165, 1.54) is 40.7 Å². The van der Waals surface area contributed by atoms with Gasteiger partial charge in [-0.1, -0.05) is 18.6 Å². The SMILES string of the molecule is O=C(CN1C(=O)c2cccc([N+](=O)[O-])c2C1=O)Nc1cccc(S(=O)(=O)N2CCCCC2)c1. The van der Waals surface area contributed by atoms with Gasteiger partial charge in [-0.05, 0) is 37.1 Å². The number of nitro groups is 1. The summed E-state index contributed by atoms with van der Waals surface area (Å²) in [5.74, 6) is -2.49. The molecule has 0 unspecified atom stereocenters. The van der Waals surface area contributed by atoms with Crippen molar-refractivity contribution in [2.75, 3.05) is 25.0 Å². The van der Waals surface area contributed by atoms with Crippen molar-refractivity contribution in [1.82, 2.24) is 9.21 Å². The third-order valence-corrected chi connectivity index (χ3v) is 7.44. The lowest BCUT2D eigenvalue weighted by molar-refractivity contribution is -0.385. The first kappa shape index (κ1) is 22.6. The van der Waals surface area contributed by atoms with Crippen LogP contribution in [-0.4, -0.2) is 59.9 Å². The van der Waals surface area contributed by atoms with Gasteiger partial charge in [0.25, 0.3) is 17.5 Å². The van der Waals surface area contributed by atoms with E-state index in [0.29, 0.717) is 18.0 Å². The highest BCUT2D eigenvalue weighted by atomic mass is 32.2. The van der Waals surface area contributed by atoms with Gasteiger partial charge in [0.1, 0.15) is 12.1 Å². The van der Waals surface area contributed by atoms with Gasteiger partial charge in [-0.15, -0.1) is 0 Å². The topological polar surface area (TPSA) is 147 Å². The Bertz CT molecular complexity index is 1270. The number of anilines is 1. The molecule has 12 heteroatoms. The predicted molar refractivity (Wildman–Crippen MR) is 116 cm³/mol. The van der Waals surface area contributed by atoms with Crippen molar-refractivity contribution in [3.05, 3.63) is 63.7 Å². The van der Waals surface area contributed by atoms with Crippen LogP contribution in [0.15, 0.2) is 47.4 Å². The molecule has 2 aliphatic rings. The van der Waals surface area contributed by atoms with E-state index in [-0.39, 0.29) is 21.7 Å². The Kier molecular flexibility index (Phi) is 5.95. The third kappa shape index (κ3) is 4.22. The second kappa shape index (κ2) is 8.71. The van der Waals surface area contributed by atoms with Crippen LogP contribution < -0.4 is 5.32 Å². The fraction of sp³-hybridized carbons (Fsp3) is 0.286. The summed E-state index contributed by atoms with van der Waals surface area (Å²) >= 11 is 0. The molecule has 0 radical (unpaired) electrons. The summed E-state index contributed by atoms with van der Waals surface area (Å²) in [6, 6.07) is 9.41. The van der Waals surface area contributed by atoms with E-state index in [1.807, 2.05) is 0 Å². The number of carbonyl (C=O) groups is 3. The van der Waals surface area contributed by atoms with Gasteiger partial charge < -0.3 is 5.32 Å². The Morgan fingerprint density at radius 2 is 1.73 bits per heavy atom. The van der Waals surface area contributed by atoms with Crippen LogP contribution in [0.4, 0.5) is 11.4 Å². The monoisotopic (exact) mass is 472 g/mol. The molecule has 1 saturated heterocycles. The summed E-state index contributed by atoms with van der Waals surface area (Å²) < 4.78 is 27.1. The molecule has 4 rings (SSSR count). The summed E-state index contributed by atoms with van der Waals surface area (Å²) in [4.78, 5) is 48.8. The van der Waals surface area contributed by atoms with E-state index in [4.69, 9.17) is 0 Å². The zero-order valence-electron chi connectivity index (χ0n) is 17.4. The van der Waals surface area contributed by atoms with Gasteiger partial charge in [0.15, 0.2) is 0 Å². The van der Waals surface area contributed by atoms with Crippen molar-refractivity contribution in [2.45, 2.75) is 24.2 Å². The van der Waals surface area contributed by atoms with E-state index in [1.54, 1.807) is 0 Å². The number of fused-ring (bicyclic) bond motifs is 1. The van der Waals surface area contributed by atoms with Gasteiger partial charge in [-0.3, -0.25) is 29.4 Å². The van der Waals surface area contributed by atoms with Gasteiger partial charge in [-0.2, -0.15) is 4.31 Å². The van der Waals surface area contributed by atoms with Gasteiger partial charge in [0.05, 0.1) is 15.4 Å². The molecule has 1 N–H and O–H groups in total. The van der Waals surface area contributed by atoms with E-state index in [0.717, 1.165) is 25.3 Å². The van der Waals surface area contributed by atoms with Crippen molar-refractivity contribution < 1.29 is 27.7 Å². The molecule has 2 aliphatic heterocycles. The summed E-state index contributed by atoms with van der Waals surface area (Å²) in [7, 11) is -3.71. The molecule has 0 spiro atoms. The number of carbonyl (C=O) groups excluding carboxylic acids is 3. The molecule has 2 heterocycles. The Morgan fingerprint density at radius 3 is 2.42 bits per heavy atom. The fourth-order valence-electron chi connectivity index (χ4n) is 3.94. The lowest BCUT2D eigenvalue weighted by atomic mass is 10.1. The van der Waals surface area contributed by atoms with Crippen LogP contribution in [0.2, 0.25) is 0 Å². The van der Waals surface area contributed by atoms with E-state index >= 15 is 0 Å². The van der Waals surface area contributed by atoms with Crippen LogP contribution in [-0.2, 0) is 14.8 Å². The van der Waals surface area contributed by atoms with Gasteiger partial charge in [-0.25, -0.2) is 8.42 Å². The lowest BCUT2D eigenvalue weighted by Gasteiger charge is -2.26. The molecule has 2 aromatic rings. The number of rotatable bonds is 6. The maximum atomic E-state index is 12.9. The second-order valence-electron chi connectivity index (χ2n) is 7.69. The minimum absolute atomic E-state index is 0.0264. The molecular formula is C21H20N4O7S. The number of sulfonamides is 1. The van der Waals surface area contributed by atoms with Crippen molar-refractivity contribution in [2.24, 2.45) is 0 Å². The van der Waals surface area contributed by atoms with Crippen LogP contribution >= 0.6 is 0 Å². The average molecular weight is 472 g/mol. The van der Waals surface area contributed by atoms with E-state index in [2.05, 4.69) is 5.32 Å². The van der Waals surface area contributed by atoms with Crippen molar-refractivity contribution in [1.29, 1.82) is 0 Å². The zero-order valence-corrected chi connectivity index (χ0v) is 18.2. The zero-order chi connectivity index (χ0) is 23.8. The largest absolute Gasteiger partial charge is 0.324 e. The van der Waals surface area contributed by atoms with E-state index < -0.39 is 44.9 Å². The number of benzene rings is 2. The molecule has 1 fully saturated rings. The second-order valence-corrected chi connectivity index (χ2v) is 9.63. The fourth-order valence-corrected chi connectivity index (χ4v) is 5.51. The Labute approximate surface area is 189 Å². The molecule has 2 aromatic carbocycles. The highest BCUT2D eigenvalue weighted by Crippen LogP contribution is 2.30. The average Bonchev–Trinajstić information content (AvgIpc) is 3.04. The van der Waals surface area contributed by atoms with Crippen LogP contribution in [0, 0.1) is 10.1 Å². The van der Waals surface area contributed by atoms with Gasteiger partial charge >= 0.3 is 0 Å². The summed E-state index contributed by atoms with van der Waals surface area (Å²) in [6.45, 7) is 0.197. The highest BCUT2D eigenvalue weighted by molar-refractivity contribution is 7.89. The first-order valence-electron chi connectivity index (χ1n) is 10.2. The van der Waals surface area contributed by atoms with Gasteiger partial charge in [0.2, 0.25) is 15.9 Å². The number of hydrogen-bond donors (Lipinski definition) is 1. The molecule has 172 valence electrons. The standard InChI is InChI=1S/C21H20N4O7S/c26-18(13-24-20(27)16-8-5-9-17(25(29)30)19(16)21(24)28)22-14-6-4-7-15(12-14)33(31,32)23-10-2-1-3-11-23/h4-9,12H,1-3,10-11,13H2,(H,22,26). The van der Waals surface area contributed by atoms with Crippen LogP contribution in [0.25, 0.3) is 0 Å². The minimum Gasteiger partial charge on any atom is -0.324 e. The van der Waals surface area contributed by atoms with Crippen LogP contribution in [0.3, 0.4) is 0 Å². The summed E-state index contributed by atoms with van der Waals surface area (Å²) in [5.41, 5.74) is -0.823. The molecule has 3 amide bonds. The number of nitro benzene ring substituents is 1. The molecule has 0 aliphatic carbocycles. The Morgan fingerprint density at radius 1 is 1.03 bits per heavy atom. The molecular weight excluding hydrogens is 452 g/mol. The first-order chi connectivity index (χ1) is 15.7. The number of piperidine rings is 1. The van der Waals surface area contributed by atoms with Crippen LogP contribution in [0.5, 0.6) is 0 Å². The summed E-state index contributed by atoms with van der Waals surface area (Å²) in [5, 5.41) is 13.7. The van der Waals surface area contributed by atoms with Crippen molar-refractivity contribution >= 4 is 39.1 Å². The third-order valence-electron chi connectivity index (χ3n) is 5.55. The first-order valence-corrected chi connectivity index (χ1v) is 11.7. The summed E-state index contributed by atoms with van der Waals surface area (Å²) in [6.07, 6.45) is 2.55. The Hall–Kier alpha value is -3.64. The number of nitrogens with one attached hydrogen (secondary N) is 1. The lowest BCUT2D eigenvalue weighted by Crippen LogP contribution is -2.37. The quantitative estimate of drug-likeness (QED) is 0.384. The van der Waals surface area contributed by atoms with Crippen molar-refractivity contribution in [3.63, 3.8) is 0 Å². The molecule has 0 bridgehead atoms. The van der Waals surface area contributed by atoms with Crippen LogP contribution in [0.1, 0.15) is 40.0 Å². The highest BCUT2D eigenvalue weighted by Gasteiger charge is 2.41. The van der Waals surface area contributed by atoms with E-state index in [9.17, 15) is 32.9 Å². The number of imide groups is 1. The minimum atomic E-state index is -3.71. The smallest absolute Gasteiger partial charge is 0.282 e. The number of nitrogens with zero attached hydrogens (tertiary/aromatic N) is 3. The van der Waals surface area contributed by atoms with Crippen molar-refractivity contribution in [3.8, 4) is 0 Å². The predicted octanol–water partition coefficient (Wildman–Crippen LogP) is 2.00. The molecule has 0 aromatic heterocycles. The molecule has 11 nitrogen and oxygen atoms in total. The Balaban J connectivity index is 1.49. The van der Waals surface area contributed by atoms with Gasteiger partial charge in [0, 0.05) is 24.8 Å². The molecule has 33 heavy (non-hydrogen) atoms.